The fourth-order valence-corrected chi connectivity index (χ4v) is 3.99. The van der Waals surface area contributed by atoms with Gasteiger partial charge in [-0.05, 0) is 53.6 Å². The number of aryl methyl sites for hydroxylation is 1. The summed E-state index contributed by atoms with van der Waals surface area (Å²) >= 11 is 0. The van der Waals surface area contributed by atoms with Crippen LogP contribution in [0.15, 0.2) is 52.9 Å². The molecule has 0 radical (unpaired) electrons. The third kappa shape index (κ3) is 4.94. The van der Waals surface area contributed by atoms with Crippen LogP contribution < -0.4 is 4.74 Å². The summed E-state index contributed by atoms with van der Waals surface area (Å²) in [5.41, 5.74) is 1.09. The molecule has 168 valence electrons. The van der Waals surface area contributed by atoms with Crippen molar-refractivity contribution in [1.29, 1.82) is 0 Å². The lowest BCUT2D eigenvalue weighted by Gasteiger charge is -2.34. The van der Waals surface area contributed by atoms with Crippen molar-refractivity contribution in [3.8, 4) is 5.75 Å². The van der Waals surface area contributed by atoms with Crippen molar-refractivity contribution in [2.75, 3.05) is 46.9 Å². The summed E-state index contributed by atoms with van der Waals surface area (Å²) in [6.07, 6.45) is 0. The minimum atomic E-state index is -0.0879. The van der Waals surface area contributed by atoms with E-state index in [9.17, 15) is 9.59 Å². The van der Waals surface area contributed by atoms with Gasteiger partial charge in [-0.1, -0.05) is 18.2 Å². The van der Waals surface area contributed by atoms with Crippen molar-refractivity contribution >= 4 is 22.6 Å². The van der Waals surface area contributed by atoms with Crippen LogP contribution >= 0.6 is 0 Å². The van der Waals surface area contributed by atoms with Crippen LogP contribution in [-0.4, -0.2) is 73.4 Å². The summed E-state index contributed by atoms with van der Waals surface area (Å²) in [6, 6.07) is 15.7. The molecular weight excluding hydrogens is 406 g/mol. The normalized spacial score (nSPS) is 14.5. The van der Waals surface area contributed by atoms with E-state index in [-0.39, 0.29) is 11.8 Å². The smallest absolute Gasteiger partial charge is 0.289 e. The summed E-state index contributed by atoms with van der Waals surface area (Å²) in [7, 11) is 3.49. The van der Waals surface area contributed by atoms with Crippen molar-refractivity contribution in [3.05, 3.63) is 65.6 Å². The molecule has 32 heavy (non-hydrogen) atoms. The zero-order valence-electron chi connectivity index (χ0n) is 18.8. The van der Waals surface area contributed by atoms with Gasteiger partial charge in [0.25, 0.3) is 5.91 Å². The number of rotatable bonds is 6. The van der Waals surface area contributed by atoms with Crippen molar-refractivity contribution < 1.29 is 18.7 Å². The lowest BCUT2D eigenvalue weighted by Crippen LogP contribution is -2.51. The molecule has 3 aromatic rings. The molecule has 0 saturated carbocycles. The number of carbonyl (C=O) groups excluding carboxylic acids is 2. The molecule has 1 aliphatic rings. The molecule has 4 rings (SSSR count). The highest BCUT2D eigenvalue weighted by Gasteiger charge is 2.25. The van der Waals surface area contributed by atoms with E-state index in [1.165, 1.54) is 0 Å². The highest BCUT2D eigenvalue weighted by molar-refractivity contribution is 5.91. The molecule has 1 aromatic heterocycles. The highest BCUT2D eigenvalue weighted by atomic mass is 16.5. The Morgan fingerprint density at radius 3 is 2.41 bits per heavy atom. The van der Waals surface area contributed by atoms with E-state index in [1.807, 2.05) is 38.2 Å². The van der Waals surface area contributed by atoms with Gasteiger partial charge in [-0.25, -0.2) is 0 Å². The van der Waals surface area contributed by atoms with Gasteiger partial charge in [0, 0.05) is 39.8 Å². The predicted molar refractivity (Wildman–Crippen MR) is 123 cm³/mol. The quantitative estimate of drug-likeness (QED) is 0.595. The number of hydrogen-bond acceptors (Lipinski definition) is 5. The molecule has 7 nitrogen and oxygen atoms in total. The van der Waals surface area contributed by atoms with Crippen molar-refractivity contribution in [3.63, 3.8) is 0 Å². The summed E-state index contributed by atoms with van der Waals surface area (Å²) in [4.78, 5) is 30.9. The Morgan fingerprint density at radius 1 is 1.00 bits per heavy atom. The topological polar surface area (TPSA) is 66.2 Å². The van der Waals surface area contributed by atoms with Gasteiger partial charge in [0.2, 0.25) is 5.91 Å². The number of methoxy groups -OCH3 is 1. The lowest BCUT2D eigenvalue weighted by molar-refractivity contribution is -0.132. The Bertz CT molecular complexity index is 1120. The molecule has 1 fully saturated rings. The number of carbonyl (C=O) groups is 2. The summed E-state index contributed by atoms with van der Waals surface area (Å²) in [5, 5.41) is 2.23. The maximum atomic E-state index is 12.8. The Kier molecular flexibility index (Phi) is 6.46. The molecule has 1 aliphatic heterocycles. The lowest BCUT2D eigenvalue weighted by atomic mass is 10.1. The van der Waals surface area contributed by atoms with Gasteiger partial charge in [0.05, 0.1) is 13.7 Å². The first-order valence-electron chi connectivity index (χ1n) is 10.8. The fourth-order valence-electron chi connectivity index (χ4n) is 3.99. The monoisotopic (exact) mass is 435 g/mol. The molecular formula is C25H29N3O4. The van der Waals surface area contributed by atoms with E-state index in [1.54, 1.807) is 29.0 Å². The summed E-state index contributed by atoms with van der Waals surface area (Å²) < 4.78 is 10.7. The van der Waals surface area contributed by atoms with Gasteiger partial charge in [-0.15, -0.1) is 0 Å². The van der Waals surface area contributed by atoms with Crippen LogP contribution in [-0.2, 0) is 11.3 Å². The van der Waals surface area contributed by atoms with Crippen LogP contribution in [0.4, 0.5) is 0 Å². The Hall–Kier alpha value is -3.32. The number of ether oxygens (including phenoxy) is 1. The second-order valence-electron chi connectivity index (χ2n) is 8.28. The molecule has 2 aromatic carbocycles. The van der Waals surface area contributed by atoms with Crippen LogP contribution in [0.3, 0.4) is 0 Å². The Balaban J connectivity index is 1.28. The first-order valence-corrected chi connectivity index (χ1v) is 10.8. The molecule has 0 spiro atoms. The van der Waals surface area contributed by atoms with Crippen molar-refractivity contribution in [2.45, 2.75) is 13.5 Å². The number of furan rings is 1. The highest BCUT2D eigenvalue weighted by Crippen LogP contribution is 2.22. The first-order chi connectivity index (χ1) is 15.4. The van der Waals surface area contributed by atoms with E-state index in [4.69, 9.17) is 9.15 Å². The Labute approximate surface area is 188 Å². The standard InChI is InChI=1S/C25H29N3O4/c1-18-4-9-23(32-18)25(30)28-12-10-27(11-13-28)17-24(29)26(2)16-19-5-6-21-15-22(31-3)8-7-20(21)14-19/h4-9,14-15H,10-13,16-17H2,1-3H3. The number of piperazine rings is 1. The van der Waals surface area contributed by atoms with Crippen LogP contribution in [0.5, 0.6) is 5.75 Å². The third-order valence-corrected chi connectivity index (χ3v) is 5.93. The largest absolute Gasteiger partial charge is 0.497 e. The minimum absolute atomic E-state index is 0.0706. The number of likely N-dealkylation sites (N-methyl/N-ethyl adjacent to an activating group) is 1. The number of fused-ring (bicyclic) bond motifs is 1. The van der Waals surface area contributed by atoms with Crippen LogP contribution in [0.1, 0.15) is 21.9 Å². The van der Waals surface area contributed by atoms with Gasteiger partial charge in [-0.3, -0.25) is 14.5 Å². The van der Waals surface area contributed by atoms with Crippen LogP contribution in [0.2, 0.25) is 0 Å². The van der Waals surface area contributed by atoms with E-state index in [2.05, 4.69) is 17.0 Å². The average molecular weight is 436 g/mol. The molecule has 0 aliphatic carbocycles. The van der Waals surface area contributed by atoms with Crippen molar-refractivity contribution in [2.24, 2.45) is 0 Å². The van der Waals surface area contributed by atoms with Crippen LogP contribution in [0.25, 0.3) is 10.8 Å². The average Bonchev–Trinajstić information content (AvgIpc) is 3.25. The molecule has 0 unspecified atom stereocenters. The fraction of sp³-hybridized carbons (Fsp3) is 0.360. The number of amides is 2. The van der Waals surface area contributed by atoms with E-state index in [0.29, 0.717) is 45.0 Å². The zero-order chi connectivity index (χ0) is 22.7. The molecule has 2 amide bonds. The molecule has 1 saturated heterocycles. The van der Waals surface area contributed by atoms with Gasteiger partial charge in [-0.2, -0.15) is 0 Å². The first kappa shape index (κ1) is 21.9. The molecule has 2 heterocycles. The molecule has 7 heteroatoms. The number of nitrogens with zero attached hydrogens (tertiary/aromatic N) is 3. The van der Waals surface area contributed by atoms with Crippen molar-refractivity contribution in [1.82, 2.24) is 14.7 Å². The van der Waals surface area contributed by atoms with E-state index >= 15 is 0 Å². The predicted octanol–water partition coefficient (Wildman–Crippen LogP) is 3.17. The minimum Gasteiger partial charge on any atom is -0.497 e. The zero-order valence-corrected chi connectivity index (χ0v) is 18.8. The van der Waals surface area contributed by atoms with Gasteiger partial charge in [0.1, 0.15) is 11.5 Å². The Morgan fingerprint density at radius 2 is 1.72 bits per heavy atom. The maximum absolute atomic E-state index is 12.8. The SMILES string of the molecule is COc1ccc2cc(CN(C)C(=O)CN3CCN(C(=O)c4ccc(C)o4)CC3)ccc2c1. The third-order valence-electron chi connectivity index (χ3n) is 5.93. The van der Waals surface area contributed by atoms with Gasteiger partial charge in [0.15, 0.2) is 5.76 Å². The molecule has 0 atom stereocenters. The number of benzene rings is 2. The van der Waals surface area contributed by atoms with E-state index < -0.39 is 0 Å². The number of hydrogen-bond donors (Lipinski definition) is 0. The van der Waals surface area contributed by atoms with Crippen LogP contribution in [0, 0.1) is 6.92 Å². The van der Waals surface area contributed by atoms with E-state index in [0.717, 1.165) is 27.8 Å². The maximum Gasteiger partial charge on any atom is 0.289 e. The van der Waals surface area contributed by atoms with Gasteiger partial charge < -0.3 is 19.0 Å². The summed E-state index contributed by atoms with van der Waals surface area (Å²) in [5.74, 6) is 1.92. The molecule has 0 N–H and O–H groups in total. The molecule has 0 bridgehead atoms. The van der Waals surface area contributed by atoms with Gasteiger partial charge >= 0.3 is 0 Å². The second-order valence-corrected chi connectivity index (χ2v) is 8.28. The summed E-state index contributed by atoms with van der Waals surface area (Å²) in [6.45, 7) is 5.24. The second kappa shape index (κ2) is 9.44.